The van der Waals surface area contributed by atoms with Gasteiger partial charge in [-0.25, -0.2) is 4.39 Å². The zero-order valence-electron chi connectivity index (χ0n) is 9.97. The van der Waals surface area contributed by atoms with Crippen LogP contribution in [-0.2, 0) is 0 Å². The Morgan fingerprint density at radius 3 is 2.94 bits per heavy atom. The van der Waals surface area contributed by atoms with E-state index in [1.54, 1.807) is 6.07 Å². The highest BCUT2D eigenvalue weighted by Crippen LogP contribution is 2.25. The number of halogens is 2. The minimum atomic E-state index is -0.200. The van der Waals surface area contributed by atoms with E-state index < -0.39 is 0 Å². The van der Waals surface area contributed by atoms with Crippen LogP contribution in [-0.4, -0.2) is 6.54 Å². The number of aryl methyl sites for hydroxylation is 1. The van der Waals surface area contributed by atoms with Crippen molar-refractivity contribution in [3.8, 4) is 0 Å². The molecule has 17 heavy (non-hydrogen) atoms. The van der Waals surface area contributed by atoms with E-state index >= 15 is 0 Å². The summed E-state index contributed by atoms with van der Waals surface area (Å²) < 4.78 is 13.8. The van der Waals surface area contributed by atoms with Crippen molar-refractivity contribution in [1.29, 1.82) is 0 Å². The lowest BCUT2D eigenvalue weighted by molar-refractivity contribution is 0.504. The Morgan fingerprint density at radius 1 is 1.41 bits per heavy atom. The van der Waals surface area contributed by atoms with E-state index in [1.807, 2.05) is 13.0 Å². The van der Waals surface area contributed by atoms with Gasteiger partial charge in [0.2, 0.25) is 0 Å². The van der Waals surface area contributed by atoms with Gasteiger partial charge in [0.1, 0.15) is 5.82 Å². The number of hydrogen-bond donors (Lipinski definition) is 1. The topological polar surface area (TPSA) is 12.0 Å². The molecule has 2 rings (SSSR count). The van der Waals surface area contributed by atoms with Gasteiger partial charge in [-0.3, -0.25) is 0 Å². The monoisotopic (exact) mass is 297 g/mol. The van der Waals surface area contributed by atoms with E-state index in [4.69, 9.17) is 0 Å². The molecule has 1 N–H and O–H groups in total. The van der Waals surface area contributed by atoms with Gasteiger partial charge in [0.15, 0.2) is 0 Å². The van der Waals surface area contributed by atoms with Crippen LogP contribution in [0, 0.1) is 18.7 Å². The highest BCUT2D eigenvalue weighted by molar-refractivity contribution is 9.10. The summed E-state index contributed by atoms with van der Waals surface area (Å²) in [4.78, 5) is 0. The second kappa shape index (κ2) is 5.67. The second-order valence-electron chi connectivity index (χ2n) is 4.61. The molecule has 1 nitrogen and oxygen atoms in total. The molecule has 0 fully saturated rings. The number of benzene rings is 1. The number of nitrogens with one attached hydrogen (secondary N) is 1. The number of anilines is 1. The van der Waals surface area contributed by atoms with Crippen molar-refractivity contribution >= 4 is 21.6 Å². The Morgan fingerprint density at radius 2 is 2.24 bits per heavy atom. The molecule has 0 heterocycles. The van der Waals surface area contributed by atoms with Crippen LogP contribution in [0.25, 0.3) is 0 Å². The van der Waals surface area contributed by atoms with E-state index in [0.29, 0.717) is 10.4 Å². The predicted octanol–water partition coefficient (Wildman–Crippen LogP) is 4.66. The maximum atomic E-state index is 13.3. The van der Waals surface area contributed by atoms with Gasteiger partial charge < -0.3 is 5.32 Å². The van der Waals surface area contributed by atoms with Crippen molar-refractivity contribution < 1.29 is 4.39 Å². The third-order valence-corrected chi connectivity index (χ3v) is 3.83. The van der Waals surface area contributed by atoms with E-state index in [1.165, 1.54) is 12.8 Å². The van der Waals surface area contributed by atoms with Crippen molar-refractivity contribution in [3.05, 3.63) is 40.1 Å². The molecule has 1 atom stereocenters. The zero-order valence-corrected chi connectivity index (χ0v) is 11.6. The minimum Gasteiger partial charge on any atom is -0.385 e. The summed E-state index contributed by atoms with van der Waals surface area (Å²) in [7, 11) is 0. The lowest BCUT2D eigenvalue weighted by Crippen LogP contribution is -2.15. The maximum Gasteiger partial charge on any atom is 0.137 e. The van der Waals surface area contributed by atoms with Gasteiger partial charge in [0.05, 0.1) is 4.47 Å². The molecule has 0 spiro atoms. The van der Waals surface area contributed by atoms with Gasteiger partial charge in [-0.1, -0.05) is 12.2 Å². The van der Waals surface area contributed by atoms with E-state index in [-0.39, 0.29) is 5.82 Å². The molecule has 0 amide bonds. The predicted molar refractivity (Wildman–Crippen MR) is 73.8 cm³/mol. The summed E-state index contributed by atoms with van der Waals surface area (Å²) in [6.07, 6.45) is 8.07. The summed E-state index contributed by atoms with van der Waals surface area (Å²) in [5.74, 6) is 0.497. The molecule has 0 saturated carbocycles. The Kier molecular flexibility index (Phi) is 4.21. The van der Waals surface area contributed by atoms with Crippen LogP contribution in [0.15, 0.2) is 28.8 Å². The smallest absolute Gasteiger partial charge is 0.137 e. The van der Waals surface area contributed by atoms with Gasteiger partial charge >= 0.3 is 0 Å². The highest BCUT2D eigenvalue weighted by Gasteiger charge is 2.11. The first-order valence-electron chi connectivity index (χ1n) is 6.01. The minimum absolute atomic E-state index is 0.200. The van der Waals surface area contributed by atoms with E-state index in [2.05, 4.69) is 33.4 Å². The average Bonchev–Trinajstić information content (AvgIpc) is 2.33. The SMILES string of the molecule is Cc1cc(F)c(Br)cc1NCC1CC=CCC1. The zero-order chi connectivity index (χ0) is 12.3. The summed E-state index contributed by atoms with van der Waals surface area (Å²) in [5.41, 5.74) is 1.98. The van der Waals surface area contributed by atoms with Crippen LogP contribution in [0.5, 0.6) is 0 Å². The molecule has 0 aliphatic heterocycles. The fourth-order valence-corrected chi connectivity index (χ4v) is 2.48. The van der Waals surface area contributed by atoms with Crippen molar-refractivity contribution in [1.82, 2.24) is 0 Å². The Balaban J connectivity index is 1.98. The molecule has 0 aromatic heterocycles. The molecule has 92 valence electrons. The molecule has 0 radical (unpaired) electrons. The molecule has 1 aromatic carbocycles. The van der Waals surface area contributed by atoms with Crippen molar-refractivity contribution in [3.63, 3.8) is 0 Å². The van der Waals surface area contributed by atoms with Gasteiger partial charge in [-0.15, -0.1) is 0 Å². The average molecular weight is 298 g/mol. The van der Waals surface area contributed by atoms with Gasteiger partial charge in [-0.05, 0) is 65.7 Å². The number of allylic oxidation sites excluding steroid dienone is 2. The summed E-state index contributed by atoms with van der Waals surface area (Å²) in [5, 5.41) is 3.42. The standard InChI is InChI=1S/C14H17BrFN/c1-10-7-13(16)12(15)8-14(10)17-9-11-5-3-2-4-6-11/h2-3,7-8,11,17H,4-6,9H2,1H3. The third kappa shape index (κ3) is 3.32. The fraction of sp³-hybridized carbons (Fsp3) is 0.429. The van der Waals surface area contributed by atoms with Crippen LogP contribution in [0.1, 0.15) is 24.8 Å². The summed E-state index contributed by atoms with van der Waals surface area (Å²) in [6.45, 7) is 2.89. The quantitative estimate of drug-likeness (QED) is 0.800. The van der Waals surface area contributed by atoms with Crippen LogP contribution in [0.3, 0.4) is 0 Å². The maximum absolute atomic E-state index is 13.3. The lowest BCUT2D eigenvalue weighted by Gasteiger charge is -2.19. The first-order chi connectivity index (χ1) is 8.16. The van der Waals surface area contributed by atoms with Gasteiger partial charge in [0.25, 0.3) is 0 Å². The Bertz CT molecular complexity index is 428. The van der Waals surface area contributed by atoms with Crippen LogP contribution in [0.4, 0.5) is 10.1 Å². The first-order valence-corrected chi connectivity index (χ1v) is 6.80. The lowest BCUT2D eigenvalue weighted by atomic mass is 9.94. The second-order valence-corrected chi connectivity index (χ2v) is 5.47. The van der Waals surface area contributed by atoms with Crippen LogP contribution < -0.4 is 5.32 Å². The molecule has 1 aliphatic rings. The van der Waals surface area contributed by atoms with Gasteiger partial charge in [0, 0.05) is 12.2 Å². The molecule has 1 unspecified atom stereocenters. The van der Waals surface area contributed by atoms with Crippen molar-refractivity contribution in [2.24, 2.45) is 5.92 Å². The normalized spacial score (nSPS) is 19.4. The van der Waals surface area contributed by atoms with E-state index in [0.717, 1.165) is 24.2 Å². The molecule has 3 heteroatoms. The molecule has 1 aromatic rings. The van der Waals surface area contributed by atoms with Crippen molar-refractivity contribution in [2.45, 2.75) is 26.2 Å². The molecule has 0 bridgehead atoms. The number of hydrogen-bond acceptors (Lipinski definition) is 1. The van der Waals surface area contributed by atoms with Gasteiger partial charge in [-0.2, -0.15) is 0 Å². The largest absolute Gasteiger partial charge is 0.385 e. The molecule has 1 aliphatic carbocycles. The summed E-state index contributed by atoms with van der Waals surface area (Å²) in [6, 6.07) is 3.39. The highest BCUT2D eigenvalue weighted by atomic mass is 79.9. The number of rotatable bonds is 3. The molecular weight excluding hydrogens is 281 g/mol. The molecular formula is C14H17BrFN. The summed E-state index contributed by atoms with van der Waals surface area (Å²) >= 11 is 3.22. The Labute approximate surface area is 110 Å². The Hall–Kier alpha value is -0.830. The molecule has 0 saturated heterocycles. The fourth-order valence-electron chi connectivity index (χ4n) is 2.13. The van der Waals surface area contributed by atoms with Crippen LogP contribution in [0.2, 0.25) is 0 Å². The third-order valence-electron chi connectivity index (χ3n) is 3.23. The van der Waals surface area contributed by atoms with Crippen LogP contribution >= 0.6 is 15.9 Å². The van der Waals surface area contributed by atoms with Crippen molar-refractivity contribution in [2.75, 3.05) is 11.9 Å². The first kappa shape index (κ1) is 12.6. The van der Waals surface area contributed by atoms with E-state index in [9.17, 15) is 4.39 Å².